The lowest BCUT2D eigenvalue weighted by Gasteiger charge is -2.04. The minimum Gasteiger partial charge on any atom is -0.465 e. The van der Waals surface area contributed by atoms with Crippen molar-refractivity contribution in [2.24, 2.45) is 5.11 Å². The fraction of sp³-hybridized carbons (Fsp3) is 0.182. The number of carbonyl (C=O) groups excluding carboxylic acids is 1. The SMILES string of the molecule is COC(=O)/C(=C/N=[N+]=[N-])c1ccc(C)cc1. The fourth-order valence-corrected chi connectivity index (χ4v) is 1.17. The van der Waals surface area contributed by atoms with Crippen molar-refractivity contribution in [3.05, 3.63) is 52.0 Å². The van der Waals surface area contributed by atoms with Crippen LogP contribution in [0.5, 0.6) is 0 Å². The van der Waals surface area contributed by atoms with Gasteiger partial charge in [-0.25, -0.2) is 4.79 Å². The minimum atomic E-state index is -0.531. The lowest BCUT2D eigenvalue weighted by atomic mass is 10.1. The zero-order valence-electron chi connectivity index (χ0n) is 9.04. The molecule has 5 heteroatoms. The highest BCUT2D eigenvalue weighted by Gasteiger charge is 2.10. The van der Waals surface area contributed by atoms with Gasteiger partial charge in [0.15, 0.2) is 0 Å². The normalized spacial score (nSPS) is 10.5. The van der Waals surface area contributed by atoms with E-state index in [0.29, 0.717) is 5.56 Å². The first kappa shape index (κ1) is 11.8. The number of benzene rings is 1. The summed E-state index contributed by atoms with van der Waals surface area (Å²) in [4.78, 5) is 14.0. The van der Waals surface area contributed by atoms with Crippen molar-refractivity contribution >= 4 is 11.5 Å². The zero-order valence-corrected chi connectivity index (χ0v) is 9.04. The maximum atomic E-state index is 11.4. The molecule has 16 heavy (non-hydrogen) atoms. The summed E-state index contributed by atoms with van der Waals surface area (Å²) in [5.41, 5.74) is 10.2. The van der Waals surface area contributed by atoms with Crippen molar-refractivity contribution in [1.82, 2.24) is 0 Å². The van der Waals surface area contributed by atoms with Gasteiger partial charge in [-0.3, -0.25) is 0 Å². The van der Waals surface area contributed by atoms with Crippen LogP contribution in [0.2, 0.25) is 0 Å². The predicted octanol–water partition coefficient (Wildman–Crippen LogP) is 2.82. The van der Waals surface area contributed by atoms with Gasteiger partial charge in [0.2, 0.25) is 0 Å². The minimum absolute atomic E-state index is 0.236. The Bertz CT molecular complexity index is 457. The third kappa shape index (κ3) is 2.87. The first-order valence-corrected chi connectivity index (χ1v) is 4.58. The Labute approximate surface area is 93.0 Å². The Morgan fingerprint density at radius 3 is 2.56 bits per heavy atom. The third-order valence-electron chi connectivity index (χ3n) is 2.01. The van der Waals surface area contributed by atoms with Gasteiger partial charge in [0.1, 0.15) is 0 Å². The van der Waals surface area contributed by atoms with Crippen LogP contribution in [0.15, 0.2) is 35.6 Å². The number of hydrogen-bond donors (Lipinski definition) is 0. The molecule has 0 aliphatic rings. The number of ether oxygens (including phenoxy) is 1. The Balaban J connectivity index is 3.16. The number of rotatable bonds is 3. The van der Waals surface area contributed by atoms with Crippen LogP contribution in [-0.4, -0.2) is 13.1 Å². The van der Waals surface area contributed by atoms with Crippen molar-refractivity contribution < 1.29 is 9.53 Å². The first-order chi connectivity index (χ1) is 7.69. The summed E-state index contributed by atoms with van der Waals surface area (Å²) in [5, 5.41) is 3.26. The van der Waals surface area contributed by atoms with E-state index in [1.165, 1.54) is 7.11 Å². The van der Waals surface area contributed by atoms with Gasteiger partial charge in [0.05, 0.1) is 12.7 Å². The van der Waals surface area contributed by atoms with Crippen LogP contribution >= 0.6 is 0 Å². The monoisotopic (exact) mass is 217 g/mol. The Morgan fingerprint density at radius 1 is 1.44 bits per heavy atom. The van der Waals surface area contributed by atoms with Crippen LogP contribution in [0.4, 0.5) is 0 Å². The molecule has 1 rings (SSSR count). The van der Waals surface area contributed by atoms with E-state index < -0.39 is 5.97 Å². The second-order valence-corrected chi connectivity index (χ2v) is 3.11. The van der Waals surface area contributed by atoms with Crippen LogP contribution in [-0.2, 0) is 9.53 Å². The molecule has 0 saturated heterocycles. The number of nitrogens with zero attached hydrogens (tertiary/aromatic N) is 3. The van der Waals surface area contributed by atoms with Gasteiger partial charge in [-0.2, -0.15) is 0 Å². The molecule has 0 saturated carbocycles. The molecular weight excluding hydrogens is 206 g/mol. The first-order valence-electron chi connectivity index (χ1n) is 4.58. The van der Waals surface area contributed by atoms with Gasteiger partial charge in [-0.15, -0.1) is 0 Å². The highest BCUT2D eigenvalue weighted by Crippen LogP contribution is 2.16. The molecule has 0 fully saturated rings. The van der Waals surface area contributed by atoms with E-state index in [1.807, 2.05) is 19.1 Å². The zero-order chi connectivity index (χ0) is 12.0. The maximum absolute atomic E-state index is 11.4. The number of azide groups is 1. The molecule has 0 bridgehead atoms. The summed E-state index contributed by atoms with van der Waals surface area (Å²) in [6, 6.07) is 7.26. The summed E-state index contributed by atoms with van der Waals surface area (Å²) < 4.78 is 4.60. The van der Waals surface area contributed by atoms with Crippen LogP contribution in [0.1, 0.15) is 11.1 Å². The molecule has 0 N–H and O–H groups in total. The van der Waals surface area contributed by atoms with E-state index in [0.717, 1.165) is 11.8 Å². The molecule has 0 amide bonds. The summed E-state index contributed by atoms with van der Waals surface area (Å²) in [6.45, 7) is 1.94. The predicted molar refractivity (Wildman–Crippen MR) is 60.3 cm³/mol. The van der Waals surface area contributed by atoms with E-state index in [1.54, 1.807) is 12.1 Å². The highest BCUT2D eigenvalue weighted by molar-refractivity contribution is 6.16. The second kappa shape index (κ2) is 5.58. The highest BCUT2D eigenvalue weighted by atomic mass is 16.5. The van der Waals surface area contributed by atoms with E-state index in [4.69, 9.17) is 5.53 Å². The molecule has 0 aromatic heterocycles. The van der Waals surface area contributed by atoms with Crippen molar-refractivity contribution in [2.45, 2.75) is 6.92 Å². The van der Waals surface area contributed by atoms with Gasteiger partial charge in [0.25, 0.3) is 0 Å². The van der Waals surface area contributed by atoms with E-state index in [-0.39, 0.29) is 5.57 Å². The smallest absolute Gasteiger partial charge is 0.338 e. The Morgan fingerprint density at radius 2 is 2.06 bits per heavy atom. The number of aryl methyl sites for hydroxylation is 1. The summed E-state index contributed by atoms with van der Waals surface area (Å²) in [6.07, 6.45) is 1.15. The number of methoxy groups -OCH3 is 1. The van der Waals surface area contributed by atoms with Gasteiger partial charge in [-0.1, -0.05) is 34.9 Å². The van der Waals surface area contributed by atoms with E-state index in [2.05, 4.69) is 14.8 Å². The lowest BCUT2D eigenvalue weighted by molar-refractivity contribution is -0.133. The standard InChI is InChI=1S/C11H11N3O2/c1-8-3-5-9(6-4-8)10(7-13-14-12)11(15)16-2/h3-7H,1-2H3/b10-7+. The van der Waals surface area contributed by atoms with Gasteiger partial charge < -0.3 is 4.74 Å². The molecular formula is C11H11N3O2. The van der Waals surface area contributed by atoms with Crippen molar-refractivity contribution in [1.29, 1.82) is 0 Å². The van der Waals surface area contributed by atoms with Gasteiger partial charge in [0, 0.05) is 11.1 Å². The van der Waals surface area contributed by atoms with Crippen LogP contribution < -0.4 is 0 Å². The van der Waals surface area contributed by atoms with Crippen LogP contribution in [0.3, 0.4) is 0 Å². The molecule has 0 aliphatic heterocycles. The largest absolute Gasteiger partial charge is 0.465 e. The topological polar surface area (TPSA) is 75.1 Å². The number of carbonyl (C=O) groups is 1. The van der Waals surface area contributed by atoms with Crippen molar-refractivity contribution in [3.8, 4) is 0 Å². The summed E-state index contributed by atoms with van der Waals surface area (Å²) >= 11 is 0. The fourth-order valence-electron chi connectivity index (χ4n) is 1.17. The molecule has 0 heterocycles. The van der Waals surface area contributed by atoms with Gasteiger partial charge >= 0.3 is 5.97 Å². The Hall–Kier alpha value is -2.26. The molecule has 1 aromatic rings. The average Bonchev–Trinajstić information content (AvgIpc) is 2.31. The molecule has 5 nitrogen and oxygen atoms in total. The second-order valence-electron chi connectivity index (χ2n) is 3.11. The Kier molecular flexibility index (Phi) is 4.12. The summed E-state index contributed by atoms with van der Waals surface area (Å²) in [5.74, 6) is -0.531. The molecule has 82 valence electrons. The van der Waals surface area contributed by atoms with Crippen LogP contribution in [0, 0.1) is 6.92 Å². The molecule has 0 unspecified atom stereocenters. The number of hydrogen-bond acceptors (Lipinski definition) is 3. The third-order valence-corrected chi connectivity index (χ3v) is 2.01. The average molecular weight is 217 g/mol. The molecule has 0 spiro atoms. The summed E-state index contributed by atoms with van der Waals surface area (Å²) in [7, 11) is 1.28. The quantitative estimate of drug-likeness (QED) is 0.256. The van der Waals surface area contributed by atoms with Crippen molar-refractivity contribution in [2.75, 3.05) is 7.11 Å². The molecule has 1 aromatic carbocycles. The molecule has 0 atom stereocenters. The van der Waals surface area contributed by atoms with Gasteiger partial charge in [-0.05, 0) is 18.0 Å². The maximum Gasteiger partial charge on any atom is 0.338 e. The van der Waals surface area contributed by atoms with E-state index in [9.17, 15) is 4.79 Å². The molecule has 0 aliphatic carbocycles. The number of esters is 1. The van der Waals surface area contributed by atoms with Crippen LogP contribution in [0.25, 0.3) is 16.0 Å². The molecule has 0 radical (unpaired) electrons. The lowest BCUT2D eigenvalue weighted by Crippen LogP contribution is -2.03. The van der Waals surface area contributed by atoms with Crippen molar-refractivity contribution in [3.63, 3.8) is 0 Å². The van der Waals surface area contributed by atoms with E-state index >= 15 is 0 Å².